The first-order chi connectivity index (χ1) is 18.0. The number of aryl methyl sites for hydroxylation is 1. The average Bonchev–Trinajstić information content (AvgIpc) is 3.53. The van der Waals surface area contributed by atoms with E-state index < -0.39 is 5.79 Å². The minimum absolute atomic E-state index is 0.179. The van der Waals surface area contributed by atoms with Crippen LogP contribution in [0, 0.1) is 6.92 Å². The van der Waals surface area contributed by atoms with Gasteiger partial charge in [0.2, 0.25) is 5.13 Å². The van der Waals surface area contributed by atoms with Gasteiger partial charge in [-0.1, -0.05) is 6.42 Å². The molecule has 0 radical (unpaired) electrons. The predicted molar refractivity (Wildman–Crippen MR) is 139 cm³/mol. The van der Waals surface area contributed by atoms with Gasteiger partial charge in [-0.2, -0.15) is 4.37 Å². The van der Waals surface area contributed by atoms with Crippen LogP contribution in [0.3, 0.4) is 0 Å². The van der Waals surface area contributed by atoms with E-state index in [-0.39, 0.29) is 17.8 Å². The molecule has 0 bridgehead atoms. The van der Waals surface area contributed by atoms with Crippen LogP contribution in [0.2, 0.25) is 0 Å². The summed E-state index contributed by atoms with van der Waals surface area (Å²) in [5.41, 5.74) is 0.742. The maximum Gasteiger partial charge on any atom is 0.316 e. The van der Waals surface area contributed by atoms with Crippen LogP contribution in [0.5, 0.6) is 11.5 Å². The number of carbonyl (C=O) groups excluding carboxylic acids is 1. The number of hydrogen-bond acceptors (Lipinski definition) is 12. The number of hydrogen-bond donors (Lipinski definition) is 1. The van der Waals surface area contributed by atoms with Gasteiger partial charge in [-0.05, 0) is 44.9 Å². The standard InChI is InChI=1S/C25H29N5O5S2/c1-3-32-21(31)15-36-17-12-19(34-18-8-7-11-26-16(18)2)22(27-13-17)28-24-29-23(30-37-24)20-14-33-25(35-20)9-5-4-6-10-25/h7-8,11-13,20H,3-6,9-10,14-15H2,1-2H3,(H,27,28,29,30)/t20-/m1/s1. The number of thioether (sulfide) groups is 1. The molecule has 12 heteroatoms. The lowest BCUT2D eigenvalue weighted by atomic mass is 9.94. The van der Waals surface area contributed by atoms with Crippen LogP contribution >= 0.6 is 23.3 Å². The van der Waals surface area contributed by atoms with Crippen molar-refractivity contribution in [2.45, 2.75) is 62.7 Å². The fourth-order valence-corrected chi connectivity index (χ4v) is 5.57. The fourth-order valence-electron chi connectivity index (χ4n) is 4.27. The average molecular weight is 544 g/mol. The summed E-state index contributed by atoms with van der Waals surface area (Å²) in [7, 11) is 0. The summed E-state index contributed by atoms with van der Waals surface area (Å²) >= 11 is 2.55. The molecule has 5 rings (SSSR count). The molecule has 0 aromatic carbocycles. The van der Waals surface area contributed by atoms with E-state index in [4.69, 9.17) is 18.9 Å². The van der Waals surface area contributed by atoms with Crippen LogP contribution in [0.4, 0.5) is 10.9 Å². The molecule has 3 aromatic heterocycles. The molecule has 0 unspecified atom stereocenters. The zero-order valence-electron chi connectivity index (χ0n) is 20.8. The normalized spacial score (nSPS) is 18.6. The van der Waals surface area contributed by atoms with Crippen molar-refractivity contribution in [2.75, 3.05) is 24.3 Å². The molecule has 1 saturated heterocycles. The Labute approximate surface area is 223 Å². The van der Waals surface area contributed by atoms with Crippen molar-refractivity contribution in [3.8, 4) is 11.5 Å². The number of ether oxygens (including phenoxy) is 4. The molecule has 1 atom stereocenters. The summed E-state index contributed by atoms with van der Waals surface area (Å²) in [5, 5.41) is 3.80. The monoisotopic (exact) mass is 543 g/mol. The minimum atomic E-state index is -0.483. The number of aromatic nitrogens is 4. The van der Waals surface area contributed by atoms with E-state index in [9.17, 15) is 4.79 Å². The molecule has 1 aliphatic carbocycles. The van der Waals surface area contributed by atoms with Crippen molar-refractivity contribution >= 4 is 40.2 Å². The SMILES string of the molecule is CCOC(=O)CSc1cnc(Nc2nc([C@H]3COC4(CCCCC4)O3)ns2)c(Oc2cccnc2C)c1. The Morgan fingerprint density at radius 2 is 2.14 bits per heavy atom. The van der Waals surface area contributed by atoms with Gasteiger partial charge in [-0.3, -0.25) is 9.78 Å². The zero-order valence-corrected chi connectivity index (χ0v) is 22.4. The number of pyridine rings is 2. The van der Waals surface area contributed by atoms with Crippen molar-refractivity contribution in [2.24, 2.45) is 0 Å². The molecule has 1 saturated carbocycles. The van der Waals surface area contributed by atoms with E-state index in [2.05, 4.69) is 24.6 Å². The highest BCUT2D eigenvalue weighted by molar-refractivity contribution is 8.00. The first kappa shape index (κ1) is 25.8. The van der Waals surface area contributed by atoms with Gasteiger partial charge in [-0.25, -0.2) is 9.97 Å². The van der Waals surface area contributed by atoms with Crippen LogP contribution in [0.1, 0.15) is 56.7 Å². The van der Waals surface area contributed by atoms with E-state index in [0.29, 0.717) is 41.5 Å². The summed E-state index contributed by atoms with van der Waals surface area (Å²) in [6.45, 7) is 4.45. The van der Waals surface area contributed by atoms with Crippen LogP contribution in [0.25, 0.3) is 0 Å². The number of nitrogens with one attached hydrogen (secondary N) is 1. The number of esters is 1. The van der Waals surface area contributed by atoms with E-state index in [0.717, 1.165) is 36.3 Å². The Balaban J connectivity index is 1.32. The summed E-state index contributed by atoms with van der Waals surface area (Å²) in [6, 6.07) is 5.47. The van der Waals surface area contributed by atoms with Crippen molar-refractivity contribution in [1.82, 2.24) is 19.3 Å². The Kier molecular flexibility index (Phi) is 8.18. The maximum absolute atomic E-state index is 11.8. The maximum atomic E-state index is 11.8. The third-order valence-electron chi connectivity index (χ3n) is 6.09. The van der Waals surface area contributed by atoms with Gasteiger partial charge in [0.05, 0.1) is 24.7 Å². The van der Waals surface area contributed by atoms with Crippen LogP contribution in [0.15, 0.2) is 35.5 Å². The summed E-state index contributed by atoms with van der Waals surface area (Å²) < 4.78 is 28.0. The molecular formula is C25H29N5O5S2. The molecule has 37 heavy (non-hydrogen) atoms. The molecule has 2 aliphatic rings. The smallest absolute Gasteiger partial charge is 0.316 e. The highest BCUT2D eigenvalue weighted by Crippen LogP contribution is 2.42. The highest BCUT2D eigenvalue weighted by atomic mass is 32.2. The second-order valence-electron chi connectivity index (χ2n) is 8.77. The van der Waals surface area contributed by atoms with E-state index in [1.165, 1.54) is 29.7 Å². The fraction of sp³-hybridized carbons (Fsp3) is 0.480. The molecule has 1 spiro atoms. The van der Waals surface area contributed by atoms with Crippen LogP contribution in [-0.2, 0) is 19.0 Å². The highest BCUT2D eigenvalue weighted by Gasteiger charge is 2.44. The molecular weight excluding hydrogens is 514 g/mol. The third kappa shape index (κ3) is 6.38. The molecule has 0 amide bonds. The minimum Gasteiger partial charge on any atom is -0.465 e. The number of nitrogens with zero attached hydrogens (tertiary/aromatic N) is 4. The van der Waals surface area contributed by atoms with E-state index >= 15 is 0 Å². The molecule has 2 fully saturated rings. The lowest BCUT2D eigenvalue weighted by molar-refractivity contribution is -0.188. The number of anilines is 2. The van der Waals surface area contributed by atoms with E-state index in [1.807, 2.05) is 25.1 Å². The quantitative estimate of drug-likeness (QED) is 0.269. The van der Waals surface area contributed by atoms with Gasteiger partial charge in [0.15, 0.2) is 23.2 Å². The molecule has 10 nitrogen and oxygen atoms in total. The molecule has 4 heterocycles. The van der Waals surface area contributed by atoms with Crippen molar-refractivity contribution in [1.29, 1.82) is 0 Å². The van der Waals surface area contributed by atoms with Gasteiger partial charge in [-0.15, -0.1) is 11.8 Å². The van der Waals surface area contributed by atoms with Crippen molar-refractivity contribution < 1.29 is 23.7 Å². The van der Waals surface area contributed by atoms with Gasteiger partial charge >= 0.3 is 5.97 Å². The molecule has 1 N–H and O–H groups in total. The Hall–Kier alpha value is -2.80. The first-order valence-corrected chi connectivity index (χ1v) is 14.1. The summed E-state index contributed by atoms with van der Waals surface area (Å²) in [5.74, 6) is 1.56. The van der Waals surface area contributed by atoms with Crippen molar-refractivity contribution in [3.05, 3.63) is 42.1 Å². The Morgan fingerprint density at radius 1 is 1.27 bits per heavy atom. The zero-order chi connectivity index (χ0) is 25.7. The molecule has 1 aliphatic heterocycles. The van der Waals surface area contributed by atoms with E-state index in [1.54, 1.807) is 19.3 Å². The second kappa shape index (κ2) is 11.7. The van der Waals surface area contributed by atoms with Gasteiger partial charge in [0.1, 0.15) is 11.9 Å². The van der Waals surface area contributed by atoms with Gasteiger partial charge < -0.3 is 24.3 Å². The van der Waals surface area contributed by atoms with Gasteiger partial charge in [0, 0.05) is 41.7 Å². The van der Waals surface area contributed by atoms with Gasteiger partial charge in [0.25, 0.3) is 0 Å². The summed E-state index contributed by atoms with van der Waals surface area (Å²) in [6.07, 6.45) is 8.38. The van der Waals surface area contributed by atoms with Crippen LogP contribution in [-0.4, -0.2) is 50.0 Å². The van der Waals surface area contributed by atoms with Crippen molar-refractivity contribution in [3.63, 3.8) is 0 Å². The largest absolute Gasteiger partial charge is 0.465 e. The molecule has 196 valence electrons. The first-order valence-electron chi connectivity index (χ1n) is 12.3. The predicted octanol–water partition coefficient (Wildman–Crippen LogP) is 5.58. The molecule has 3 aromatic rings. The lowest BCUT2D eigenvalue weighted by Crippen LogP contribution is -2.32. The summed E-state index contributed by atoms with van der Waals surface area (Å²) in [4.78, 5) is 26.1. The third-order valence-corrected chi connectivity index (χ3v) is 7.67. The second-order valence-corrected chi connectivity index (χ2v) is 10.6. The number of carbonyl (C=O) groups is 1. The Bertz CT molecular complexity index is 1230. The lowest BCUT2D eigenvalue weighted by Gasteiger charge is -2.31. The number of rotatable bonds is 9. The Morgan fingerprint density at radius 3 is 2.95 bits per heavy atom. The van der Waals surface area contributed by atoms with Crippen LogP contribution < -0.4 is 10.1 Å². The topological polar surface area (TPSA) is 118 Å².